The molecule has 1 fully saturated rings. The lowest BCUT2D eigenvalue weighted by Crippen LogP contribution is -2.43. The van der Waals surface area contributed by atoms with Crippen LogP contribution in [0.4, 0.5) is 10.5 Å². The summed E-state index contributed by atoms with van der Waals surface area (Å²) in [5.74, 6) is -0.192. The minimum absolute atomic E-state index is 0.177. The second-order valence-electron chi connectivity index (χ2n) is 8.63. The fraction of sp³-hybridized carbons (Fsp3) is 0.348. The molecular formula is C23H29N3O5Si. The Hall–Kier alpha value is -3.33. The van der Waals surface area contributed by atoms with E-state index in [4.69, 9.17) is 9.47 Å². The Kier molecular flexibility index (Phi) is 7.19. The zero-order valence-corrected chi connectivity index (χ0v) is 19.8. The second kappa shape index (κ2) is 9.86. The Morgan fingerprint density at radius 2 is 1.75 bits per heavy atom. The summed E-state index contributed by atoms with van der Waals surface area (Å²) in [5, 5.41) is 6.91. The van der Waals surface area contributed by atoms with Gasteiger partial charge < -0.3 is 20.1 Å². The molecule has 1 unspecified atom stereocenters. The number of nitrogens with one attached hydrogen (secondary N) is 2. The average Bonchev–Trinajstić information content (AvgIpc) is 3.16. The van der Waals surface area contributed by atoms with Gasteiger partial charge in [0.25, 0.3) is 5.91 Å². The van der Waals surface area contributed by atoms with Crippen LogP contribution in [-0.4, -0.2) is 57.7 Å². The number of rotatable bonds is 8. The van der Waals surface area contributed by atoms with Crippen LogP contribution in [0.25, 0.3) is 0 Å². The van der Waals surface area contributed by atoms with Crippen molar-refractivity contribution in [1.29, 1.82) is 0 Å². The molecule has 0 aliphatic carbocycles. The number of cyclic esters (lactones) is 1. The van der Waals surface area contributed by atoms with Gasteiger partial charge in [-0.2, -0.15) is 0 Å². The third-order valence-corrected chi connectivity index (χ3v) is 7.28. The van der Waals surface area contributed by atoms with Gasteiger partial charge in [0, 0.05) is 5.69 Å². The highest BCUT2D eigenvalue weighted by atomic mass is 28.3. The van der Waals surface area contributed by atoms with Gasteiger partial charge in [0.15, 0.2) is 0 Å². The lowest BCUT2D eigenvalue weighted by molar-refractivity contribution is -0.127. The van der Waals surface area contributed by atoms with E-state index < -0.39 is 26.1 Å². The second-order valence-corrected chi connectivity index (χ2v) is 13.7. The first-order valence-corrected chi connectivity index (χ1v) is 13.9. The number of hydrogen-bond acceptors (Lipinski definition) is 5. The van der Waals surface area contributed by atoms with Gasteiger partial charge in [-0.1, -0.05) is 49.1 Å². The summed E-state index contributed by atoms with van der Waals surface area (Å²) in [6.07, 6.45) is -0.534. The monoisotopic (exact) mass is 455 g/mol. The average molecular weight is 456 g/mol. The summed E-state index contributed by atoms with van der Waals surface area (Å²) in [4.78, 5) is 38.7. The number of hydrogen-bond donors (Lipinski definition) is 2. The number of methoxy groups -OCH3 is 1. The zero-order chi connectivity index (χ0) is 23.3. The molecule has 32 heavy (non-hydrogen) atoms. The molecule has 0 spiro atoms. The highest BCUT2D eigenvalue weighted by Gasteiger charge is 2.28. The molecule has 1 atom stereocenters. The van der Waals surface area contributed by atoms with Gasteiger partial charge in [0.2, 0.25) is 5.91 Å². The van der Waals surface area contributed by atoms with Crippen molar-refractivity contribution in [3.05, 3.63) is 54.1 Å². The maximum atomic E-state index is 13.1. The van der Waals surface area contributed by atoms with Crippen molar-refractivity contribution in [3.63, 3.8) is 0 Å². The van der Waals surface area contributed by atoms with Crippen molar-refractivity contribution in [2.24, 2.45) is 0 Å². The molecule has 2 N–H and O–H groups in total. The number of amides is 3. The van der Waals surface area contributed by atoms with Gasteiger partial charge in [-0.05, 0) is 29.8 Å². The molecule has 0 saturated carbocycles. The van der Waals surface area contributed by atoms with E-state index in [1.165, 1.54) is 10.1 Å². The van der Waals surface area contributed by atoms with Crippen LogP contribution in [0.3, 0.4) is 0 Å². The molecule has 1 aliphatic heterocycles. The molecule has 3 rings (SSSR count). The van der Waals surface area contributed by atoms with Crippen LogP contribution in [0.1, 0.15) is 11.6 Å². The van der Waals surface area contributed by atoms with Crippen LogP contribution in [-0.2, 0) is 14.3 Å². The molecule has 8 nitrogen and oxygen atoms in total. The largest absolute Gasteiger partial charge is 0.497 e. The maximum Gasteiger partial charge on any atom is 0.410 e. The molecule has 3 amide bonds. The van der Waals surface area contributed by atoms with Crippen molar-refractivity contribution in [1.82, 2.24) is 10.2 Å². The quantitative estimate of drug-likeness (QED) is 0.596. The maximum absolute atomic E-state index is 13.1. The zero-order valence-electron chi connectivity index (χ0n) is 18.8. The van der Waals surface area contributed by atoms with Crippen LogP contribution in [0.5, 0.6) is 5.75 Å². The van der Waals surface area contributed by atoms with Crippen molar-refractivity contribution < 1.29 is 23.9 Å². The standard InChI is InChI=1S/C23H29N3O5Si/c1-30-18-9-5-16(6-10-18)21(25-20(27)15-26-13-14-31-23(26)29)22(28)24-17-7-11-19(12-8-17)32(2,3)4/h5-12,21H,13-15H2,1-4H3,(H,24,28)(H,25,27). The third-order valence-electron chi connectivity index (χ3n) is 5.21. The van der Waals surface area contributed by atoms with E-state index in [9.17, 15) is 14.4 Å². The van der Waals surface area contributed by atoms with Gasteiger partial charge in [0.1, 0.15) is 24.9 Å². The van der Waals surface area contributed by atoms with Crippen LogP contribution >= 0.6 is 0 Å². The number of ether oxygens (including phenoxy) is 2. The van der Waals surface area contributed by atoms with Crippen LogP contribution in [0.15, 0.2) is 48.5 Å². The number of nitrogens with zero attached hydrogens (tertiary/aromatic N) is 1. The molecule has 0 radical (unpaired) electrons. The van der Waals surface area contributed by atoms with E-state index in [0.717, 1.165) is 0 Å². The van der Waals surface area contributed by atoms with Gasteiger partial charge in [-0.3, -0.25) is 14.5 Å². The first kappa shape index (κ1) is 23.3. The molecule has 0 aromatic heterocycles. The number of carbonyl (C=O) groups is 3. The summed E-state index contributed by atoms with van der Waals surface area (Å²) < 4.78 is 10.0. The van der Waals surface area contributed by atoms with Gasteiger partial charge in [-0.15, -0.1) is 0 Å². The minimum Gasteiger partial charge on any atom is -0.497 e. The normalized spacial score (nSPS) is 14.5. The lowest BCUT2D eigenvalue weighted by Gasteiger charge is -2.21. The molecular weight excluding hydrogens is 426 g/mol. The molecule has 170 valence electrons. The van der Waals surface area contributed by atoms with Gasteiger partial charge in [-0.25, -0.2) is 4.79 Å². The summed E-state index contributed by atoms with van der Waals surface area (Å²) >= 11 is 0. The van der Waals surface area contributed by atoms with E-state index in [1.54, 1.807) is 31.4 Å². The van der Waals surface area contributed by atoms with Crippen LogP contribution in [0.2, 0.25) is 19.6 Å². The summed E-state index contributed by atoms with van der Waals surface area (Å²) in [5.41, 5.74) is 1.24. The smallest absolute Gasteiger partial charge is 0.410 e. The molecule has 9 heteroatoms. The number of carbonyl (C=O) groups excluding carboxylic acids is 3. The van der Waals surface area contributed by atoms with E-state index in [2.05, 4.69) is 30.3 Å². The van der Waals surface area contributed by atoms with Gasteiger partial charge >= 0.3 is 6.09 Å². The predicted octanol–water partition coefficient (Wildman–Crippen LogP) is 2.49. The van der Waals surface area contributed by atoms with Crippen molar-refractivity contribution in [2.45, 2.75) is 25.7 Å². The van der Waals surface area contributed by atoms with Crippen molar-refractivity contribution in [2.75, 3.05) is 32.1 Å². The molecule has 1 heterocycles. The first-order valence-electron chi connectivity index (χ1n) is 10.4. The lowest BCUT2D eigenvalue weighted by atomic mass is 10.1. The third kappa shape index (κ3) is 5.88. The van der Waals surface area contributed by atoms with Crippen molar-refractivity contribution >= 4 is 36.9 Å². The topological polar surface area (TPSA) is 97.0 Å². The highest BCUT2D eigenvalue weighted by molar-refractivity contribution is 6.88. The fourth-order valence-corrected chi connectivity index (χ4v) is 4.48. The molecule has 0 bridgehead atoms. The van der Waals surface area contributed by atoms with E-state index in [1.807, 2.05) is 24.3 Å². The Morgan fingerprint density at radius 1 is 1.09 bits per heavy atom. The molecule has 2 aromatic rings. The highest BCUT2D eigenvalue weighted by Crippen LogP contribution is 2.20. The first-order chi connectivity index (χ1) is 15.2. The van der Waals surface area contributed by atoms with E-state index in [-0.39, 0.29) is 19.1 Å². The summed E-state index contributed by atoms with van der Waals surface area (Å²) in [7, 11) is 0.107. The Balaban J connectivity index is 1.76. The molecule has 1 aliphatic rings. The number of benzene rings is 2. The van der Waals surface area contributed by atoms with E-state index >= 15 is 0 Å². The summed E-state index contributed by atoms with van der Waals surface area (Å²) in [6.45, 7) is 7.19. The van der Waals surface area contributed by atoms with Crippen LogP contribution in [0, 0.1) is 0 Å². The molecule has 2 aromatic carbocycles. The predicted molar refractivity (Wildman–Crippen MR) is 125 cm³/mol. The van der Waals surface area contributed by atoms with Crippen LogP contribution < -0.4 is 20.6 Å². The SMILES string of the molecule is COc1ccc(C(NC(=O)CN2CCOC2=O)C(=O)Nc2ccc([Si](C)(C)C)cc2)cc1. The fourth-order valence-electron chi connectivity index (χ4n) is 3.31. The summed E-state index contributed by atoms with van der Waals surface area (Å²) in [6, 6.07) is 13.8. The Bertz CT molecular complexity index is 971. The van der Waals surface area contributed by atoms with Gasteiger partial charge in [0.05, 0.1) is 21.7 Å². The van der Waals surface area contributed by atoms with Crippen molar-refractivity contribution in [3.8, 4) is 5.75 Å². The number of anilines is 1. The minimum atomic E-state index is -1.45. The Labute approximate surface area is 188 Å². The van der Waals surface area contributed by atoms with E-state index in [0.29, 0.717) is 23.5 Å². The molecule has 1 saturated heterocycles. The Morgan fingerprint density at radius 3 is 2.28 bits per heavy atom.